The molecule has 38 heavy (non-hydrogen) atoms. The van der Waals surface area contributed by atoms with Gasteiger partial charge in [0.15, 0.2) is 0 Å². The summed E-state index contributed by atoms with van der Waals surface area (Å²) in [6, 6.07) is 0. The molecule has 0 aliphatic heterocycles. The van der Waals surface area contributed by atoms with Gasteiger partial charge in [0, 0.05) is 0 Å². The molecule has 2 nitrogen and oxygen atoms in total. The molecule has 0 aromatic carbocycles. The third kappa shape index (κ3) is 6.62. The van der Waals surface area contributed by atoms with Crippen molar-refractivity contribution >= 4 is 31.8 Å². The largest absolute Gasteiger partial charge is 0.147 e. The summed E-state index contributed by atoms with van der Waals surface area (Å²) in [5.41, 5.74) is 9.34. The number of rotatable bonds is 13. The molecule has 0 spiro atoms. The van der Waals surface area contributed by atoms with Gasteiger partial charge in [-0.3, -0.25) is 0 Å². The van der Waals surface area contributed by atoms with Gasteiger partial charge in [-0.15, -0.1) is 24.8 Å². The van der Waals surface area contributed by atoms with Crippen molar-refractivity contribution in [3.8, 4) is 0 Å². The molecule has 2 aliphatic rings. The Labute approximate surface area is 254 Å². The van der Waals surface area contributed by atoms with Crippen molar-refractivity contribution in [2.75, 3.05) is 26.2 Å². The minimum Gasteiger partial charge on any atom is -0.147 e. The number of nitrogens with zero attached hydrogens (tertiary/aromatic N) is 2. The van der Waals surface area contributed by atoms with E-state index in [2.05, 4.69) is 129 Å². The van der Waals surface area contributed by atoms with Gasteiger partial charge in [0.25, 0.3) is 0 Å². The van der Waals surface area contributed by atoms with Crippen LogP contribution in [0.15, 0.2) is 91.8 Å². The van der Waals surface area contributed by atoms with Gasteiger partial charge < -0.3 is 0 Å². The summed E-state index contributed by atoms with van der Waals surface area (Å²) in [4.78, 5) is 0. The first-order chi connectivity index (χ1) is 16.7. The monoisotopic (exact) mass is 611 g/mol. The SMILES string of the molecule is C=CCN(CC=C)[SiH](N(CC=C)CC=C)[Ti]([C]1=C(C)C(C)=C(C)C1(C)C)[C]1=C(C)C(C)=C(C)C1(C)C.Cl.Cl. The molecular weight excluding hydrogens is 559 g/mol. The van der Waals surface area contributed by atoms with Gasteiger partial charge in [-0.05, 0) is 0 Å². The predicted molar refractivity (Wildman–Crippen MR) is 175 cm³/mol. The van der Waals surface area contributed by atoms with Crippen molar-refractivity contribution in [2.45, 2.75) is 69.2 Å². The second-order valence-corrected chi connectivity index (χ2v) is 21.5. The zero-order valence-electron chi connectivity index (χ0n) is 25.8. The minimum atomic E-state index is -2.15. The summed E-state index contributed by atoms with van der Waals surface area (Å²) in [5, 5.41) is 0. The molecule has 0 aromatic heterocycles. The third-order valence-electron chi connectivity index (χ3n) is 9.07. The fraction of sp³-hybridized carbons (Fsp3) is 0.500. The third-order valence-corrected chi connectivity index (χ3v) is 24.8. The van der Waals surface area contributed by atoms with Crippen LogP contribution in [-0.4, -0.2) is 42.3 Å². The average Bonchev–Trinajstić information content (AvgIpc) is 3.05. The molecule has 0 radical (unpaired) electrons. The van der Waals surface area contributed by atoms with Crippen molar-refractivity contribution in [3.05, 3.63) is 91.8 Å². The molecular formula is C32H53Cl2N2SiTi. The van der Waals surface area contributed by atoms with Crippen LogP contribution < -0.4 is 0 Å². The van der Waals surface area contributed by atoms with Crippen LogP contribution in [0, 0.1) is 10.8 Å². The molecule has 0 bridgehead atoms. The molecule has 0 saturated heterocycles. The van der Waals surface area contributed by atoms with Gasteiger partial charge >= 0.3 is 231 Å². The van der Waals surface area contributed by atoms with Crippen LogP contribution in [0.25, 0.3) is 0 Å². The van der Waals surface area contributed by atoms with Gasteiger partial charge in [0.05, 0.1) is 0 Å². The van der Waals surface area contributed by atoms with E-state index in [0.717, 1.165) is 26.2 Å². The summed E-state index contributed by atoms with van der Waals surface area (Å²) in [5.74, 6) is 0. The number of halogens is 2. The summed E-state index contributed by atoms with van der Waals surface area (Å²) in [6.07, 6.45) is 8.35. The van der Waals surface area contributed by atoms with E-state index >= 15 is 0 Å². The molecule has 2 aliphatic carbocycles. The van der Waals surface area contributed by atoms with Gasteiger partial charge in [-0.25, -0.2) is 0 Å². The fourth-order valence-electron chi connectivity index (χ4n) is 6.46. The maximum Gasteiger partial charge on any atom is -0.147 e. The van der Waals surface area contributed by atoms with Gasteiger partial charge in [0.2, 0.25) is 0 Å². The van der Waals surface area contributed by atoms with Crippen LogP contribution in [0.3, 0.4) is 0 Å². The van der Waals surface area contributed by atoms with E-state index in [1.807, 2.05) is 0 Å². The van der Waals surface area contributed by atoms with Crippen molar-refractivity contribution in [1.82, 2.24) is 9.13 Å². The van der Waals surface area contributed by atoms with Gasteiger partial charge in [0.1, 0.15) is 0 Å². The van der Waals surface area contributed by atoms with Crippen LogP contribution in [0.1, 0.15) is 69.2 Å². The molecule has 6 heteroatoms. The van der Waals surface area contributed by atoms with Crippen LogP contribution in [-0.2, 0) is 17.1 Å². The van der Waals surface area contributed by atoms with E-state index in [1.165, 1.54) is 11.1 Å². The van der Waals surface area contributed by atoms with E-state index < -0.39 is 24.1 Å². The first kappa shape index (κ1) is 37.4. The number of hydrogen-bond donors (Lipinski definition) is 0. The summed E-state index contributed by atoms with van der Waals surface area (Å²) < 4.78 is 9.05. The number of allylic oxidation sites excluding steroid dienone is 8. The normalized spacial score (nSPS) is 18.3. The average molecular weight is 613 g/mol. The van der Waals surface area contributed by atoms with Crippen LogP contribution in [0.4, 0.5) is 0 Å². The standard InChI is InChI=1S/C12H21N2Si.2C10H15.2ClH.Ti/c1-5-9-13(10-6-2)15-14(11-7-3)12-8-4;2*1-7-6-10(4,5)9(3)8(7)2;;;/h5-8,15H,1-4,9-12H2;2*1-5H3;2*1H;. The van der Waals surface area contributed by atoms with E-state index in [-0.39, 0.29) is 35.6 Å². The Morgan fingerprint density at radius 1 is 0.579 bits per heavy atom. The molecule has 2 rings (SSSR count). The second-order valence-electron chi connectivity index (χ2n) is 11.6. The molecule has 0 aromatic rings. The zero-order chi connectivity index (χ0) is 27.6. The van der Waals surface area contributed by atoms with Crippen molar-refractivity contribution in [2.24, 2.45) is 10.8 Å². The minimum absolute atomic E-state index is 0. The summed E-state index contributed by atoms with van der Waals surface area (Å²) >= 11 is -2.15. The maximum absolute atomic E-state index is 4.17. The molecule has 0 saturated carbocycles. The van der Waals surface area contributed by atoms with Crippen LogP contribution in [0.5, 0.6) is 0 Å². The second kappa shape index (κ2) is 14.8. The summed E-state index contributed by atoms with van der Waals surface area (Å²) in [7, 11) is 0. The van der Waals surface area contributed by atoms with Crippen molar-refractivity contribution < 1.29 is 17.1 Å². The maximum atomic E-state index is 4.17. The predicted octanol–water partition coefficient (Wildman–Crippen LogP) is 8.81. The Balaban J connectivity index is 0.00000684. The van der Waals surface area contributed by atoms with Gasteiger partial charge in [-0.1, -0.05) is 0 Å². The fourth-order valence-corrected chi connectivity index (χ4v) is 27.1. The molecule has 0 N–H and O–H groups in total. The molecule has 0 heterocycles. The van der Waals surface area contributed by atoms with Crippen molar-refractivity contribution in [1.29, 1.82) is 0 Å². The Morgan fingerprint density at radius 3 is 1.03 bits per heavy atom. The van der Waals surface area contributed by atoms with Gasteiger partial charge in [-0.2, -0.15) is 0 Å². The quantitative estimate of drug-likeness (QED) is 0.152. The Morgan fingerprint density at radius 2 is 0.842 bits per heavy atom. The van der Waals surface area contributed by atoms with E-state index in [9.17, 15) is 0 Å². The molecule has 0 amide bonds. The topological polar surface area (TPSA) is 6.48 Å². The smallest absolute Gasteiger partial charge is 0.147 e. The first-order valence-electron chi connectivity index (χ1n) is 13.3. The van der Waals surface area contributed by atoms with E-state index in [4.69, 9.17) is 0 Å². The number of hydrogen-bond acceptors (Lipinski definition) is 2. The molecule has 0 fully saturated rings. The van der Waals surface area contributed by atoms with Crippen LogP contribution >= 0.6 is 24.8 Å². The van der Waals surface area contributed by atoms with E-state index in [1.54, 1.807) is 30.0 Å². The first-order valence-corrected chi connectivity index (χ1v) is 19.2. The van der Waals surface area contributed by atoms with E-state index in [0.29, 0.717) is 0 Å². The Bertz CT molecular complexity index is 959. The van der Waals surface area contributed by atoms with Crippen LogP contribution in [0.2, 0.25) is 0 Å². The zero-order valence-corrected chi connectivity index (χ0v) is 30.1. The Hall–Kier alpha value is -0.649. The molecule has 213 valence electrons. The van der Waals surface area contributed by atoms with Crippen molar-refractivity contribution in [3.63, 3.8) is 0 Å². The summed E-state index contributed by atoms with van der Waals surface area (Å²) in [6.45, 7) is 42.7. The Kier molecular flexibility index (Phi) is 14.6. The molecule has 0 atom stereocenters. The molecule has 0 unspecified atom stereocenters.